The second-order valence-electron chi connectivity index (χ2n) is 6.97. The third kappa shape index (κ3) is 3.65. The van der Waals surface area contributed by atoms with Gasteiger partial charge in [-0.05, 0) is 38.0 Å². The van der Waals surface area contributed by atoms with Gasteiger partial charge in [0.05, 0.1) is 5.38 Å². The Morgan fingerprint density at radius 3 is 2.42 bits per heavy atom. The summed E-state index contributed by atoms with van der Waals surface area (Å²) in [5.41, 5.74) is -0.0950. The monoisotopic (exact) mass is 285 g/mol. The van der Waals surface area contributed by atoms with Crippen LogP contribution in [0.4, 0.5) is 0 Å². The first-order chi connectivity index (χ1) is 9.03. The average Bonchev–Trinajstić information content (AvgIpc) is 2.81. The van der Waals surface area contributed by atoms with Crippen LogP contribution in [0.1, 0.15) is 71.6 Å². The van der Waals surface area contributed by atoms with E-state index in [1.165, 1.54) is 25.7 Å². The van der Waals surface area contributed by atoms with Crippen molar-refractivity contribution in [2.24, 2.45) is 11.3 Å². The molecule has 0 heterocycles. The minimum Gasteiger partial charge on any atom is -0.351 e. The average molecular weight is 286 g/mol. The quantitative estimate of drug-likeness (QED) is 0.768. The lowest BCUT2D eigenvalue weighted by atomic mass is 9.77. The van der Waals surface area contributed by atoms with Crippen LogP contribution in [0, 0.1) is 11.3 Å². The fourth-order valence-electron chi connectivity index (χ4n) is 3.93. The molecule has 0 spiro atoms. The first-order valence-corrected chi connectivity index (χ1v) is 8.42. The van der Waals surface area contributed by atoms with Gasteiger partial charge in [0, 0.05) is 11.5 Å². The first-order valence-electron chi connectivity index (χ1n) is 7.98. The van der Waals surface area contributed by atoms with Crippen LogP contribution in [0.3, 0.4) is 0 Å². The van der Waals surface area contributed by atoms with Crippen molar-refractivity contribution in [3.05, 3.63) is 0 Å². The van der Waals surface area contributed by atoms with E-state index in [0.717, 1.165) is 32.1 Å². The molecule has 0 saturated heterocycles. The Hall–Kier alpha value is -0.240. The van der Waals surface area contributed by atoms with Crippen molar-refractivity contribution < 1.29 is 4.79 Å². The largest absolute Gasteiger partial charge is 0.351 e. The van der Waals surface area contributed by atoms with E-state index >= 15 is 0 Å². The summed E-state index contributed by atoms with van der Waals surface area (Å²) >= 11 is 6.37. The highest BCUT2D eigenvalue weighted by Gasteiger charge is 2.42. The lowest BCUT2D eigenvalue weighted by molar-refractivity contribution is -0.132. The summed E-state index contributed by atoms with van der Waals surface area (Å²) < 4.78 is 0. The van der Waals surface area contributed by atoms with Gasteiger partial charge >= 0.3 is 0 Å². The van der Waals surface area contributed by atoms with Gasteiger partial charge in [0.1, 0.15) is 0 Å². The van der Waals surface area contributed by atoms with Crippen LogP contribution in [0.15, 0.2) is 0 Å². The van der Waals surface area contributed by atoms with E-state index in [0.29, 0.717) is 5.92 Å². The SMILES string of the molecule is CC(C)CC1(C(=O)NC2CCCCC2Cl)CCCC1. The number of nitrogens with one attached hydrogen (secondary N) is 1. The van der Waals surface area contributed by atoms with Gasteiger partial charge in [0.25, 0.3) is 0 Å². The van der Waals surface area contributed by atoms with E-state index in [2.05, 4.69) is 19.2 Å². The molecular weight excluding hydrogens is 258 g/mol. The molecule has 2 saturated carbocycles. The molecule has 2 nitrogen and oxygen atoms in total. The Kier molecular flexibility index (Phi) is 5.16. The number of carbonyl (C=O) groups is 1. The summed E-state index contributed by atoms with van der Waals surface area (Å²) in [5, 5.41) is 3.42. The van der Waals surface area contributed by atoms with E-state index in [1.807, 2.05) is 0 Å². The maximum absolute atomic E-state index is 12.7. The zero-order valence-corrected chi connectivity index (χ0v) is 13.1. The Morgan fingerprint density at radius 2 is 1.84 bits per heavy atom. The number of amides is 1. The summed E-state index contributed by atoms with van der Waals surface area (Å²) in [4.78, 5) is 12.7. The minimum absolute atomic E-state index is 0.0950. The standard InChI is InChI=1S/C16H28ClNO/c1-12(2)11-16(9-5-6-10-16)15(19)18-14-8-4-3-7-13(14)17/h12-14H,3-11H2,1-2H3,(H,18,19). The zero-order valence-electron chi connectivity index (χ0n) is 12.4. The molecule has 19 heavy (non-hydrogen) atoms. The van der Waals surface area contributed by atoms with Crippen LogP contribution >= 0.6 is 11.6 Å². The molecule has 1 amide bonds. The van der Waals surface area contributed by atoms with Gasteiger partial charge in [0.15, 0.2) is 0 Å². The van der Waals surface area contributed by atoms with Crippen LogP contribution in [0.5, 0.6) is 0 Å². The molecule has 2 aliphatic carbocycles. The van der Waals surface area contributed by atoms with E-state index in [1.54, 1.807) is 0 Å². The first kappa shape index (κ1) is 15.2. The summed E-state index contributed by atoms with van der Waals surface area (Å²) in [6.07, 6.45) is 10.1. The van der Waals surface area contributed by atoms with Crippen LogP contribution in [0.25, 0.3) is 0 Å². The maximum Gasteiger partial charge on any atom is 0.226 e. The molecule has 0 bridgehead atoms. The second kappa shape index (κ2) is 6.47. The number of halogens is 1. The summed E-state index contributed by atoms with van der Waals surface area (Å²) in [6.45, 7) is 4.44. The Balaban J connectivity index is 1.99. The zero-order chi connectivity index (χ0) is 13.9. The summed E-state index contributed by atoms with van der Waals surface area (Å²) in [6, 6.07) is 0.201. The van der Waals surface area contributed by atoms with Gasteiger partial charge in [0.2, 0.25) is 5.91 Å². The predicted octanol–water partition coefficient (Wildman–Crippen LogP) is 4.26. The molecule has 0 aromatic heterocycles. The van der Waals surface area contributed by atoms with Crippen molar-refractivity contribution in [2.45, 2.75) is 83.1 Å². The van der Waals surface area contributed by atoms with Crippen molar-refractivity contribution >= 4 is 17.5 Å². The molecule has 110 valence electrons. The van der Waals surface area contributed by atoms with Crippen LogP contribution in [-0.2, 0) is 4.79 Å². The molecule has 0 radical (unpaired) electrons. The van der Waals surface area contributed by atoms with Gasteiger partial charge in [-0.25, -0.2) is 0 Å². The highest BCUT2D eigenvalue weighted by molar-refractivity contribution is 6.21. The topological polar surface area (TPSA) is 29.1 Å². The molecular formula is C16H28ClNO. The van der Waals surface area contributed by atoms with Gasteiger partial charge in [-0.1, -0.05) is 39.5 Å². The third-order valence-electron chi connectivity index (χ3n) is 4.84. The molecule has 2 fully saturated rings. The van der Waals surface area contributed by atoms with E-state index in [4.69, 9.17) is 11.6 Å². The maximum atomic E-state index is 12.7. The molecule has 2 unspecified atom stereocenters. The van der Waals surface area contributed by atoms with Gasteiger partial charge in [-0.3, -0.25) is 4.79 Å². The molecule has 0 aliphatic heterocycles. The van der Waals surface area contributed by atoms with Gasteiger partial charge in [-0.2, -0.15) is 0 Å². The lowest BCUT2D eigenvalue weighted by Crippen LogP contribution is -2.49. The van der Waals surface area contributed by atoms with E-state index in [-0.39, 0.29) is 22.7 Å². The van der Waals surface area contributed by atoms with Crippen molar-refractivity contribution in [1.29, 1.82) is 0 Å². The molecule has 0 aromatic carbocycles. The van der Waals surface area contributed by atoms with Crippen molar-refractivity contribution in [2.75, 3.05) is 0 Å². The number of hydrogen-bond donors (Lipinski definition) is 1. The fourth-order valence-corrected chi connectivity index (χ4v) is 4.27. The predicted molar refractivity (Wildman–Crippen MR) is 80.4 cm³/mol. The number of alkyl halides is 1. The Bertz CT molecular complexity index is 310. The highest BCUT2D eigenvalue weighted by atomic mass is 35.5. The molecule has 3 heteroatoms. The van der Waals surface area contributed by atoms with E-state index in [9.17, 15) is 4.79 Å². The highest BCUT2D eigenvalue weighted by Crippen LogP contribution is 2.43. The third-order valence-corrected chi connectivity index (χ3v) is 5.36. The second-order valence-corrected chi connectivity index (χ2v) is 7.53. The van der Waals surface area contributed by atoms with Crippen LogP contribution in [-0.4, -0.2) is 17.3 Å². The molecule has 0 aromatic rings. The van der Waals surface area contributed by atoms with E-state index < -0.39 is 0 Å². The van der Waals surface area contributed by atoms with Gasteiger partial charge in [-0.15, -0.1) is 11.6 Å². The molecule has 2 aliphatic rings. The number of hydrogen-bond acceptors (Lipinski definition) is 1. The number of rotatable bonds is 4. The smallest absolute Gasteiger partial charge is 0.226 e. The summed E-state index contributed by atoms with van der Waals surface area (Å²) in [5.74, 6) is 0.873. The fraction of sp³-hybridized carbons (Fsp3) is 0.938. The molecule has 2 rings (SSSR count). The van der Waals surface area contributed by atoms with Gasteiger partial charge < -0.3 is 5.32 Å². The minimum atomic E-state index is -0.0950. The molecule has 1 N–H and O–H groups in total. The van der Waals surface area contributed by atoms with Crippen molar-refractivity contribution in [3.8, 4) is 0 Å². The van der Waals surface area contributed by atoms with Crippen molar-refractivity contribution in [1.82, 2.24) is 5.32 Å². The lowest BCUT2D eigenvalue weighted by Gasteiger charge is -2.34. The normalized spacial score (nSPS) is 30.5. The van der Waals surface area contributed by atoms with Crippen LogP contribution in [0.2, 0.25) is 0 Å². The Morgan fingerprint density at radius 1 is 1.21 bits per heavy atom. The van der Waals surface area contributed by atoms with Crippen LogP contribution < -0.4 is 5.32 Å². The molecule has 2 atom stereocenters. The Labute approximate surface area is 122 Å². The summed E-state index contributed by atoms with van der Waals surface area (Å²) in [7, 11) is 0. The van der Waals surface area contributed by atoms with Crippen molar-refractivity contribution in [3.63, 3.8) is 0 Å². The number of carbonyl (C=O) groups excluding carboxylic acids is 1.